The van der Waals surface area contributed by atoms with Crippen LogP contribution in [0.15, 0.2) is 71.3 Å². The van der Waals surface area contributed by atoms with Gasteiger partial charge in [-0.1, -0.05) is 36.4 Å². The molecule has 2 fully saturated rings. The van der Waals surface area contributed by atoms with Gasteiger partial charge in [0.15, 0.2) is 0 Å². The summed E-state index contributed by atoms with van der Waals surface area (Å²) in [5, 5.41) is 12.2. The van der Waals surface area contributed by atoms with Crippen LogP contribution in [0.3, 0.4) is 0 Å². The normalized spacial score (nSPS) is 26.9. The first-order valence-electron chi connectivity index (χ1n) is 10.5. The van der Waals surface area contributed by atoms with E-state index >= 15 is 0 Å². The van der Waals surface area contributed by atoms with E-state index in [0.717, 1.165) is 39.7 Å². The van der Waals surface area contributed by atoms with Crippen LogP contribution in [-0.2, 0) is 9.59 Å². The third-order valence-corrected chi connectivity index (χ3v) is 7.44. The monoisotopic (exact) mass is 428 g/mol. The number of carbonyl (C=O) groups excluding carboxylic acids is 2. The fraction of sp³-hybridized carbons (Fsp3) is 0.250. The van der Waals surface area contributed by atoms with Gasteiger partial charge >= 0.3 is 0 Å². The van der Waals surface area contributed by atoms with Crippen LogP contribution in [-0.4, -0.2) is 32.8 Å². The van der Waals surface area contributed by atoms with Crippen molar-refractivity contribution < 1.29 is 9.59 Å². The number of allylic oxidation sites excluding steroid dienone is 2. The van der Waals surface area contributed by atoms with Crippen molar-refractivity contribution in [1.29, 1.82) is 0 Å². The lowest BCUT2D eigenvalue weighted by Gasteiger charge is -2.37. The van der Waals surface area contributed by atoms with Crippen molar-refractivity contribution >= 4 is 29.4 Å². The molecule has 4 aliphatic rings. The van der Waals surface area contributed by atoms with Crippen LogP contribution in [0.25, 0.3) is 16.3 Å². The smallest absolute Gasteiger partial charge is 0.254 e. The van der Waals surface area contributed by atoms with E-state index in [1.165, 1.54) is 0 Å². The molecule has 1 aliphatic heterocycles. The Morgan fingerprint density at radius 3 is 2.29 bits per heavy atom. The number of nitrogens with zero attached hydrogens (tertiary/aromatic N) is 4. The number of hydrazone groups is 1. The molecule has 1 aromatic carbocycles. The second kappa shape index (κ2) is 7.13. The average Bonchev–Trinajstić information content (AvgIpc) is 3.54. The first kappa shape index (κ1) is 18.4. The Labute approximate surface area is 183 Å². The van der Waals surface area contributed by atoms with E-state index in [2.05, 4.69) is 17.3 Å². The van der Waals surface area contributed by atoms with E-state index in [1.54, 1.807) is 22.2 Å². The summed E-state index contributed by atoms with van der Waals surface area (Å²) < 4.78 is 1.80. The molecule has 6 nitrogen and oxygen atoms in total. The summed E-state index contributed by atoms with van der Waals surface area (Å²) in [4.78, 5) is 27.1. The van der Waals surface area contributed by atoms with Crippen molar-refractivity contribution in [1.82, 2.24) is 14.8 Å². The second-order valence-corrected chi connectivity index (χ2v) is 9.21. The lowest BCUT2D eigenvalue weighted by atomic mass is 9.63. The van der Waals surface area contributed by atoms with Gasteiger partial charge in [0, 0.05) is 11.8 Å². The van der Waals surface area contributed by atoms with Gasteiger partial charge in [-0.15, -0.1) is 11.3 Å². The van der Waals surface area contributed by atoms with Gasteiger partial charge < -0.3 is 0 Å². The fourth-order valence-corrected chi connectivity index (χ4v) is 5.82. The maximum Gasteiger partial charge on any atom is 0.254 e. The van der Waals surface area contributed by atoms with Crippen LogP contribution >= 0.6 is 11.3 Å². The van der Waals surface area contributed by atoms with Gasteiger partial charge in [-0.05, 0) is 48.3 Å². The molecule has 2 aromatic heterocycles. The summed E-state index contributed by atoms with van der Waals surface area (Å²) in [6, 6.07) is 13.8. The zero-order valence-corrected chi connectivity index (χ0v) is 17.5. The molecule has 1 saturated heterocycles. The van der Waals surface area contributed by atoms with Crippen molar-refractivity contribution in [3.8, 4) is 16.3 Å². The summed E-state index contributed by atoms with van der Waals surface area (Å²) in [6.45, 7) is 0. The molecule has 4 unspecified atom stereocenters. The Bertz CT molecular complexity index is 1180. The quantitative estimate of drug-likeness (QED) is 0.356. The van der Waals surface area contributed by atoms with Crippen LogP contribution in [0.5, 0.6) is 0 Å². The number of imide groups is 1. The van der Waals surface area contributed by atoms with E-state index in [-0.39, 0.29) is 35.5 Å². The minimum absolute atomic E-state index is 0.161. The molecule has 2 bridgehead atoms. The standard InChI is InChI=1S/C24H20N4O2S/c29-23-20-15-8-9-16(11-10-15)21(20)24(30)28(23)25-13-17-14-27(18-5-2-1-3-6-18)26-22(17)19-7-4-12-31-19/h1-9,12-16,20-21H,10-11H2. The first-order chi connectivity index (χ1) is 15.2. The molecule has 4 atom stereocenters. The van der Waals surface area contributed by atoms with Crippen molar-refractivity contribution in [2.24, 2.45) is 28.8 Å². The van der Waals surface area contributed by atoms with Crippen LogP contribution in [0.4, 0.5) is 0 Å². The number of benzene rings is 1. The lowest BCUT2D eigenvalue weighted by molar-refractivity contribution is -0.140. The van der Waals surface area contributed by atoms with Gasteiger partial charge in [-0.3, -0.25) is 9.59 Å². The predicted molar refractivity (Wildman–Crippen MR) is 119 cm³/mol. The minimum atomic E-state index is -0.253. The number of rotatable bonds is 4. The van der Waals surface area contributed by atoms with E-state index < -0.39 is 0 Å². The minimum Gasteiger partial charge on any atom is -0.272 e. The highest BCUT2D eigenvalue weighted by Crippen LogP contribution is 2.49. The first-order valence-corrected chi connectivity index (χ1v) is 11.4. The van der Waals surface area contributed by atoms with E-state index in [4.69, 9.17) is 5.10 Å². The molecule has 3 aromatic rings. The molecule has 7 heteroatoms. The van der Waals surface area contributed by atoms with Crippen molar-refractivity contribution in [2.75, 3.05) is 0 Å². The zero-order valence-electron chi connectivity index (χ0n) is 16.7. The number of carbonyl (C=O) groups is 2. The lowest BCUT2D eigenvalue weighted by Crippen LogP contribution is -2.38. The third-order valence-electron chi connectivity index (χ3n) is 6.57. The topological polar surface area (TPSA) is 67.6 Å². The van der Waals surface area contributed by atoms with Crippen molar-refractivity contribution in [3.63, 3.8) is 0 Å². The third kappa shape index (κ3) is 2.91. The Morgan fingerprint density at radius 2 is 1.68 bits per heavy atom. The SMILES string of the molecule is O=C1C2C3C=CC(CC3)C2C(=O)N1N=Cc1cn(-c2ccccc2)nc1-c1cccs1. The van der Waals surface area contributed by atoms with Crippen LogP contribution in [0, 0.1) is 23.7 Å². The molecule has 31 heavy (non-hydrogen) atoms. The van der Waals surface area contributed by atoms with Gasteiger partial charge in [0.2, 0.25) is 0 Å². The highest BCUT2D eigenvalue weighted by Gasteiger charge is 2.56. The van der Waals surface area contributed by atoms with Crippen LogP contribution < -0.4 is 0 Å². The highest BCUT2D eigenvalue weighted by atomic mass is 32.1. The van der Waals surface area contributed by atoms with E-state index in [1.807, 2.05) is 54.0 Å². The summed E-state index contributed by atoms with van der Waals surface area (Å²) in [5.74, 6) is -0.519. The number of para-hydroxylation sites is 1. The van der Waals surface area contributed by atoms with E-state index in [0.29, 0.717) is 0 Å². The van der Waals surface area contributed by atoms with Crippen molar-refractivity contribution in [2.45, 2.75) is 12.8 Å². The Hall–Kier alpha value is -3.32. The summed E-state index contributed by atoms with van der Waals surface area (Å²) in [6.07, 6.45) is 9.68. The molecule has 0 radical (unpaired) electrons. The molecule has 0 N–H and O–H groups in total. The summed E-state index contributed by atoms with van der Waals surface area (Å²) >= 11 is 1.59. The largest absolute Gasteiger partial charge is 0.272 e. The molecule has 7 rings (SSSR count). The molecule has 2 amide bonds. The predicted octanol–water partition coefficient (Wildman–Crippen LogP) is 4.13. The maximum atomic E-state index is 13.0. The second-order valence-electron chi connectivity index (χ2n) is 8.26. The molecule has 0 spiro atoms. The van der Waals surface area contributed by atoms with Crippen molar-refractivity contribution in [3.05, 3.63) is 71.8 Å². The molecular weight excluding hydrogens is 408 g/mol. The van der Waals surface area contributed by atoms with Crippen LogP contribution in [0.2, 0.25) is 0 Å². The van der Waals surface area contributed by atoms with Gasteiger partial charge in [-0.25, -0.2) is 4.68 Å². The maximum absolute atomic E-state index is 13.0. The number of fused-ring (bicyclic) bond motifs is 1. The fourth-order valence-electron chi connectivity index (χ4n) is 5.09. The summed E-state index contributed by atoms with van der Waals surface area (Å²) in [7, 11) is 0. The van der Waals surface area contributed by atoms with Gasteiger partial charge in [0.1, 0.15) is 5.69 Å². The number of hydrogen-bond donors (Lipinski definition) is 0. The number of thiophene rings is 1. The highest BCUT2D eigenvalue weighted by molar-refractivity contribution is 7.13. The molecule has 154 valence electrons. The molecular formula is C24H20N4O2S. The van der Waals surface area contributed by atoms with Gasteiger partial charge in [-0.2, -0.15) is 15.2 Å². The average molecular weight is 429 g/mol. The number of aromatic nitrogens is 2. The molecule has 3 heterocycles. The zero-order chi connectivity index (χ0) is 20.9. The van der Waals surface area contributed by atoms with Gasteiger partial charge in [0.05, 0.1) is 28.6 Å². The number of amides is 2. The molecule has 3 aliphatic carbocycles. The Kier molecular flexibility index (Phi) is 4.24. The Morgan fingerprint density at radius 1 is 0.968 bits per heavy atom. The van der Waals surface area contributed by atoms with Gasteiger partial charge in [0.25, 0.3) is 11.8 Å². The molecule has 1 saturated carbocycles. The number of hydrogen-bond acceptors (Lipinski definition) is 5. The Balaban J connectivity index is 1.36. The summed E-state index contributed by atoms with van der Waals surface area (Å²) in [5.41, 5.74) is 2.48. The van der Waals surface area contributed by atoms with Crippen LogP contribution in [0.1, 0.15) is 18.4 Å². The van der Waals surface area contributed by atoms with E-state index in [9.17, 15) is 9.59 Å².